The largest absolute Gasteiger partial charge is 0.275 e. The second-order valence-electron chi connectivity index (χ2n) is 5.04. The van der Waals surface area contributed by atoms with Crippen molar-refractivity contribution in [1.29, 1.82) is 0 Å². The summed E-state index contributed by atoms with van der Waals surface area (Å²) in [4.78, 5) is 0. The van der Waals surface area contributed by atoms with Gasteiger partial charge in [0.1, 0.15) is 7.85 Å². The van der Waals surface area contributed by atoms with Crippen LogP contribution in [0.3, 0.4) is 0 Å². The molecule has 1 nitrogen and oxygen atoms in total. The van der Waals surface area contributed by atoms with E-state index >= 15 is 0 Å². The third-order valence-corrected chi connectivity index (χ3v) is 3.39. The van der Waals surface area contributed by atoms with E-state index in [9.17, 15) is 0 Å². The molecule has 0 N–H and O–H groups in total. The Labute approximate surface area is 107 Å². The average Bonchev–Trinajstić information content (AvgIpc) is 2.18. The Morgan fingerprint density at radius 3 is 2.44 bits per heavy atom. The molecular weight excluding hydrogens is 218 g/mol. The van der Waals surface area contributed by atoms with E-state index in [1.807, 2.05) is 0 Å². The van der Waals surface area contributed by atoms with Crippen molar-refractivity contribution in [2.45, 2.75) is 46.9 Å². The van der Waals surface area contributed by atoms with Gasteiger partial charge in [-0.1, -0.05) is 39.6 Å². The lowest BCUT2D eigenvalue weighted by atomic mass is 9.73. The van der Waals surface area contributed by atoms with Crippen LogP contribution in [0, 0.1) is 17.8 Å². The van der Waals surface area contributed by atoms with Crippen molar-refractivity contribution in [2.24, 2.45) is 17.8 Å². The van der Waals surface area contributed by atoms with Crippen molar-refractivity contribution in [3.05, 3.63) is 11.6 Å². The molecular formula is C13H26BClO. The molecule has 94 valence electrons. The first-order valence-electron chi connectivity index (χ1n) is 6.47. The van der Waals surface area contributed by atoms with Crippen molar-refractivity contribution in [2.75, 3.05) is 6.61 Å². The van der Waals surface area contributed by atoms with Gasteiger partial charge in [0, 0.05) is 0 Å². The molecule has 0 spiro atoms. The average molecular weight is 245 g/mol. The van der Waals surface area contributed by atoms with Crippen molar-refractivity contribution in [1.82, 2.24) is 0 Å². The van der Waals surface area contributed by atoms with Crippen LogP contribution in [-0.4, -0.2) is 14.5 Å². The number of rotatable bonds is 8. The Bertz CT molecular complexity index is 204. The van der Waals surface area contributed by atoms with Gasteiger partial charge in [0.25, 0.3) is 0 Å². The molecule has 0 aromatic heterocycles. The second kappa shape index (κ2) is 9.12. The number of halogens is 1. The highest BCUT2D eigenvalue weighted by atomic mass is 35.5. The fourth-order valence-electron chi connectivity index (χ4n) is 2.52. The molecule has 0 aromatic rings. The second-order valence-corrected chi connectivity index (χ2v) is 5.25. The van der Waals surface area contributed by atoms with Crippen LogP contribution in [0.2, 0.25) is 6.32 Å². The summed E-state index contributed by atoms with van der Waals surface area (Å²) in [6, 6.07) is 0. The lowest BCUT2D eigenvalue weighted by molar-refractivity contribution is 0.305. The smallest absolute Gasteiger partial charge is 0.101 e. The van der Waals surface area contributed by atoms with E-state index in [1.165, 1.54) is 24.7 Å². The van der Waals surface area contributed by atoms with Gasteiger partial charge in [0.05, 0.1) is 18.5 Å². The van der Waals surface area contributed by atoms with E-state index in [0.717, 1.165) is 11.8 Å². The molecule has 2 unspecified atom stereocenters. The molecule has 0 radical (unpaired) electrons. The molecule has 16 heavy (non-hydrogen) atoms. The number of allylic oxidation sites excluding steroid dienone is 1. The molecule has 0 bridgehead atoms. The van der Waals surface area contributed by atoms with Crippen LogP contribution >= 0.6 is 11.9 Å². The zero-order valence-corrected chi connectivity index (χ0v) is 12.2. The summed E-state index contributed by atoms with van der Waals surface area (Å²) in [5, 5.41) is 0. The van der Waals surface area contributed by atoms with Gasteiger partial charge in [-0.05, 0) is 36.7 Å². The highest BCUT2D eigenvalue weighted by Crippen LogP contribution is 2.29. The normalized spacial score (nSPS) is 16.5. The zero-order chi connectivity index (χ0) is 12.6. The summed E-state index contributed by atoms with van der Waals surface area (Å²) >= 11 is 5.29. The monoisotopic (exact) mass is 244 g/mol. The van der Waals surface area contributed by atoms with E-state index in [0.29, 0.717) is 12.5 Å². The molecule has 2 atom stereocenters. The Hall–Kier alpha value is 0.0549. The fourth-order valence-corrected chi connectivity index (χ4v) is 2.69. The van der Waals surface area contributed by atoms with Crippen molar-refractivity contribution >= 4 is 19.7 Å². The molecule has 0 aliphatic rings. The SMILES string of the molecule is BCC(C(C)C)C(C=C(C)COCl)CCC. The van der Waals surface area contributed by atoms with Gasteiger partial charge in [-0.2, -0.15) is 0 Å². The van der Waals surface area contributed by atoms with Gasteiger partial charge in [0.15, 0.2) is 0 Å². The Balaban J connectivity index is 4.63. The zero-order valence-electron chi connectivity index (χ0n) is 11.4. The van der Waals surface area contributed by atoms with Crippen LogP contribution in [0.15, 0.2) is 11.6 Å². The van der Waals surface area contributed by atoms with Gasteiger partial charge in [-0.15, -0.1) is 0 Å². The first-order chi connectivity index (χ1) is 7.56. The lowest BCUT2D eigenvalue weighted by Gasteiger charge is -2.27. The van der Waals surface area contributed by atoms with Crippen LogP contribution in [0.25, 0.3) is 0 Å². The topological polar surface area (TPSA) is 9.23 Å². The molecule has 0 aliphatic carbocycles. The van der Waals surface area contributed by atoms with E-state index in [-0.39, 0.29) is 0 Å². The predicted octanol–water partition coefficient (Wildman–Crippen LogP) is 3.84. The van der Waals surface area contributed by atoms with Gasteiger partial charge < -0.3 is 0 Å². The van der Waals surface area contributed by atoms with Crippen LogP contribution in [0.5, 0.6) is 0 Å². The first-order valence-corrected chi connectivity index (χ1v) is 6.78. The molecule has 0 saturated carbocycles. The molecule has 0 amide bonds. The van der Waals surface area contributed by atoms with Crippen molar-refractivity contribution < 1.29 is 4.29 Å². The summed E-state index contributed by atoms with van der Waals surface area (Å²) < 4.78 is 4.66. The molecule has 0 fully saturated rings. The third-order valence-electron chi connectivity index (χ3n) is 3.28. The van der Waals surface area contributed by atoms with Crippen molar-refractivity contribution in [3.8, 4) is 0 Å². The Kier molecular flexibility index (Phi) is 9.15. The molecule has 3 heteroatoms. The summed E-state index contributed by atoms with van der Waals surface area (Å²) in [5.41, 5.74) is 1.24. The molecule has 0 aromatic carbocycles. The van der Waals surface area contributed by atoms with Crippen LogP contribution < -0.4 is 0 Å². The third kappa shape index (κ3) is 5.96. The van der Waals surface area contributed by atoms with Gasteiger partial charge in [-0.25, -0.2) is 0 Å². The summed E-state index contributed by atoms with van der Waals surface area (Å²) in [6.07, 6.45) is 6.10. The van der Waals surface area contributed by atoms with Crippen molar-refractivity contribution in [3.63, 3.8) is 0 Å². The highest BCUT2D eigenvalue weighted by molar-refractivity contribution is 6.08. The van der Waals surface area contributed by atoms with E-state index in [1.54, 1.807) is 0 Å². The standard InChI is InChI=1S/C13H26BClO/c1-5-6-12(7-11(4)9-16-15)13(8-14)10(2)3/h7,10,12-13H,5-6,8-9,14H2,1-4H3. The van der Waals surface area contributed by atoms with Gasteiger partial charge in [0.2, 0.25) is 0 Å². The number of hydrogen-bond acceptors (Lipinski definition) is 1. The summed E-state index contributed by atoms with van der Waals surface area (Å²) in [6.45, 7) is 9.52. The maximum atomic E-state index is 5.29. The summed E-state index contributed by atoms with van der Waals surface area (Å²) in [7, 11) is 2.29. The van der Waals surface area contributed by atoms with Gasteiger partial charge >= 0.3 is 0 Å². The maximum absolute atomic E-state index is 5.29. The minimum Gasteiger partial charge on any atom is -0.275 e. The first kappa shape index (κ1) is 16.1. The molecule has 0 heterocycles. The number of hydrogen-bond donors (Lipinski definition) is 0. The Morgan fingerprint density at radius 2 is 2.06 bits per heavy atom. The van der Waals surface area contributed by atoms with Crippen LogP contribution in [0.4, 0.5) is 0 Å². The Morgan fingerprint density at radius 1 is 1.44 bits per heavy atom. The van der Waals surface area contributed by atoms with Crippen LogP contribution in [-0.2, 0) is 4.29 Å². The van der Waals surface area contributed by atoms with E-state index < -0.39 is 0 Å². The minimum absolute atomic E-state index is 0.538. The maximum Gasteiger partial charge on any atom is 0.101 e. The van der Waals surface area contributed by atoms with E-state index in [4.69, 9.17) is 11.9 Å². The fraction of sp³-hybridized carbons (Fsp3) is 0.846. The molecule has 0 rings (SSSR count). The minimum atomic E-state index is 0.538. The molecule has 0 saturated heterocycles. The quantitative estimate of drug-likeness (QED) is 0.466. The predicted molar refractivity (Wildman–Crippen MR) is 75.6 cm³/mol. The van der Waals surface area contributed by atoms with E-state index in [2.05, 4.69) is 45.9 Å². The van der Waals surface area contributed by atoms with Gasteiger partial charge in [-0.3, -0.25) is 4.29 Å². The molecule has 0 aliphatic heterocycles. The lowest BCUT2D eigenvalue weighted by Crippen LogP contribution is -2.19. The summed E-state index contributed by atoms with van der Waals surface area (Å²) in [5.74, 6) is 2.18. The van der Waals surface area contributed by atoms with Crippen LogP contribution in [0.1, 0.15) is 40.5 Å². The highest BCUT2D eigenvalue weighted by Gasteiger charge is 2.20.